The summed E-state index contributed by atoms with van der Waals surface area (Å²) in [5, 5.41) is 14.4. The molecule has 2 aromatic carbocycles. The maximum atomic E-state index is 12.5. The molecule has 1 fully saturated rings. The van der Waals surface area contributed by atoms with Crippen LogP contribution in [0.25, 0.3) is 11.1 Å². The Morgan fingerprint density at radius 2 is 1.76 bits per heavy atom. The summed E-state index contributed by atoms with van der Waals surface area (Å²) in [4.78, 5) is 36.3. The first-order chi connectivity index (χ1) is 16.5. The molecule has 2 amide bonds. The molecule has 1 unspecified atom stereocenters. The fraction of sp³-hybridized carbons (Fsp3) is 0.346. The van der Waals surface area contributed by atoms with Crippen molar-refractivity contribution in [3.05, 3.63) is 72.3 Å². The van der Waals surface area contributed by atoms with Gasteiger partial charge >= 0.3 is 12.1 Å². The number of nitrogens with one attached hydrogen (secondary N) is 2. The second-order valence-corrected chi connectivity index (χ2v) is 8.47. The maximum absolute atomic E-state index is 12.5. The summed E-state index contributed by atoms with van der Waals surface area (Å²) in [5.41, 5.74) is 4.57. The Balaban J connectivity index is 1.31. The Hall–Kier alpha value is -3.65. The third kappa shape index (κ3) is 4.97. The Bertz CT molecular complexity index is 1040. The number of carboxylic acid groups (broad SMARTS) is 1. The maximum Gasteiger partial charge on any atom is 0.407 e. The average molecular weight is 465 g/mol. The van der Waals surface area contributed by atoms with Crippen molar-refractivity contribution in [2.75, 3.05) is 19.8 Å². The molecule has 1 heterocycles. The Morgan fingerprint density at radius 1 is 1.12 bits per heavy atom. The van der Waals surface area contributed by atoms with Gasteiger partial charge in [0.2, 0.25) is 5.91 Å². The molecule has 2 aliphatic rings. The van der Waals surface area contributed by atoms with Crippen molar-refractivity contribution < 1.29 is 29.0 Å². The molecule has 8 heteroatoms. The molecule has 8 nitrogen and oxygen atoms in total. The molecule has 3 atom stereocenters. The standard InChI is InChI=1S/C26H28N2O6/c1-2-7-22(25(30)31)28-24(29)23-16(12-13-33-23)14-27-26(32)34-15-21-19-10-5-3-8-17(19)18-9-4-6-11-20(18)21/h2-6,8-11,16,21-23H,1,7,12-15H2,(H,27,32)(H,28,29)(H,30,31)/t16-,22?,23-/m0/s1. The molecular formula is C26H28N2O6. The van der Waals surface area contributed by atoms with Crippen molar-refractivity contribution in [3.8, 4) is 11.1 Å². The van der Waals surface area contributed by atoms with Crippen LogP contribution in [0.4, 0.5) is 4.79 Å². The van der Waals surface area contributed by atoms with Gasteiger partial charge in [0, 0.05) is 25.0 Å². The number of rotatable bonds is 9. The molecule has 0 radical (unpaired) electrons. The smallest absolute Gasteiger partial charge is 0.407 e. The Morgan fingerprint density at radius 3 is 2.38 bits per heavy atom. The van der Waals surface area contributed by atoms with Gasteiger partial charge in [-0.1, -0.05) is 54.6 Å². The van der Waals surface area contributed by atoms with E-state index in [-0.39, 0.29) is 31.4 Å². The van der Waals surface area contributed by atoms with E-state index in [9.17, 15) is 19.5 Å². The molecule has 178 valence electrons. The van der Waals surface area contributed by atoms with Gasteiger partial charge in [-0.25, -0.2) is 9.59 Å². The normalized spacial score (nSPS) is 19.5. The lowest BCUT2D eigenvalue weighted by atomic mass is 9.98. The van der Waals surface area contributed by atoms with Gasteiger partial charge in [-0.2, -0.15) is 0 Å². The molecule has 34 heavy (non-hydrogen) atoms. The lowest BCUT2D eigenvalue weighted by Gasteiger charge is -2.21. The largest absolute Gasteiger partial charge is 0.480 e. The first kappa shape index (κ1) is 23.5. The minimum absolute atomic E-state index is 0.0377. The van der Waals surface area contributed by atoms with E-state index in [0.29, 0.717) is 13.0 Å². The van der Waals surface area contributed by atoms with E-state index < -0.39 is 30.1 Å². The highest BCUT2D eigenvalue weighted by Gasteiger charge is 2.36. The van der Waals surface area contributed by atoms with Crippen LogP contribution in [0.3, 0.4) is 0 Å². The second kappa shape index (κ2) is 10.5. The van der Waals surface area contributed by atoms with E-state index in [4.69, 9.17) is 9.47 Å². The molecule has 2 aromatic rings. The lowest BCUT2D eigenvalue weighted by molar-refractivity contribution is -0.144. The highest BCUT2D eigenvalue weighted by molar-refractivity contribution is 5.87. The predicted molar refractivity (Wildman–Crippen MR) is 125 cm³/mol. The minimum Gasteiger partial charge on any atom is -0.480 e. The van der Waals surface area contributed by atoms with E-state index in [1.165, 1.54) is 6.08 Å². The van der Waals surface area contributed by atoms with Crippen molar-refractivity contribution in [1.82, 2.24) is 10.6 Å². The minimum atomic E-state index is -1.14. The van der Waals surface area contributed by atoms with E-state index >= 15 is 0 Å². The zero-order chi connectivity index (χ0) is 24.1. The van der Waals surface area contributed by atoms with E-state index in [0.717, 1.165) is 22.3 Å². The third-order valence-electron chi connectivity index (χ3n) is 6.34. The molecule has 0 aromatic heterocycles. The zero-order valence-electron chi connectivity index (χ0n) is 18.7. The number of alkyl carbamates (subject to hydrolysis) is 1. The van der Waals surface area contributed by atoms with Crippen LogP contribution in [0, 0.1) is 5.92 Å². The highest BCUT2D eigenvalue weighted by Crippen LogP contribution is 2.44. The van der Waals surface area contributed by atoms with Gasteiger partial charge in [-0.05, 0) is 35.1 Å². The van der Waals surface area contributed by atoms with Crippen LogP contribution in [0.1, 0.15) is 29.9 Å². The van der Waals surface area contributed by atoms with Crippen LogP contribution >= 0.6 is 0 Å². The summed E-state index contributed by atoms with van der Waals surface area (Å²) >= 11 is 0. The van der Waals surface area contributed by atoms with Gasteiger partial charge < -0.3 is 25.2 Å². The summed E-state index contributed by atoms with van der Waals surface area (Å²) in [6.07, 6.45) is 0.714. The molecule has 4 rings (SSSR count). The summed E-state index contributed by atoms with van der Waals surface area (Å²) in [6, 6.07) is 15.1. The zero-order valence-corrected chi connectivity index (χ0v) is 18.7. The molecule has 1 aliphatic carbocycles. The molecule has 0 spiro atoms. The number of hydrogen-bond acceptors (Lipinski definition) is 5. The van der Waals surface area contributed by atoms with Crippen LogP contribution in [0.2, 0.25) is 0 Å². The number of ether oxygens (including phenoxy) is 2. The fourth-order valence-corrected chi connectivity index (χ4v) is 4.64. The topological polar surface area (TPSA) is 114 Å². The lowest BCUT2D eigenvalue weighted by Crippen LogP contribution is -2.48. The number of carbonyl (C=O) groups excluding carboxylic acids is 2. The van der Waals surface area contributed by atoms with E-state index in [1.54, 1.807) is 0 Å². The van der Waals surface area contributed by atoms with Gasteiger partial charge in [0.05, 0.1) is 0 Å². The molecule has 1 aliphatic heterocycles. The Kier molecular flexibility index (Phi) is 7.27. The number of fused-ring (bicyclic) bond motifs is 3. The van der Waals surface area contributed by atoms with Crippen LogP contribution in [-0.2, 0) is 19.1 Å². The van der Waals surface area contributed by atoms with Crippen LogP contribution < -0.4 is 10.6 Å². The van der Waals surface area contributed by atoms with Crippen molar-refractivity contribution >= 4 is 18.0 Å². The molecular weight excluding hydrogens is 436 g/mol. The summed E-state index contributed by atoms with van der Waals surface area (Å²) in [6.45, 7) is 4.26. The van der Waals surface area contributed by atoms with Crippen molar-refractivity contribution in [3.63, 3.8) is 0 Å². The monoisotopic (exact) mass is 464 g/mol. The fourth-order valence-electron chi connectivity index (χ4n) is 4.64. The number of carboxylic acids is 1. The number of benzene rings is 2. The van der Waals surface area contributed by atoms with E-state index in [2.05, 4.69) is 41.5 Å². The van der Waals surface area contributed by atoms with Crippen molar-refractivity contribution in [2.24, 2.45) is 5.92 Å². The predicted octanol–water partition coefficient (Wildman–Crippen LogP) is 3.08. The van der Waals surface area contributed by atoms with Crippen LogP contribution in [0.15, 0.2) is 61.2 Å². The van der Waals surface area contributed by atoms with Gasteiger partial charge in [0.25, 0.3) is 0 Å². The van der Waals surface area contributed by atoms with Crippen molar-refractivity contribution in [1.29, 1.82) is 0 Å². The molecule has 0 bridgehead atoms. The third-order valence-corrected chi connectivity index (χ3v) is 6.34. The summed E-state index contributed by atoms with van der Waals surface area (Å²) in [7, 11) is 0. The van der Waals surface area contributed by atoms with Crippen LogP contribution in [-0.4, -0.2) is 55.0 Å². The van der Waals surface area contributed by atoms with Gasteiger partial charge in [-0.15, -0.1) is 6.58 Å². The number of carbonyl (C=O) groups is 3. The number of amides is 2. The van der Waals surface area contributed by atoms with Crippen molar-refractivity contribution in [2.45, 2.75) is 30.9 Å². The summed E-state index contributed by atoms with van der Waals surface area (Å²) < 4.78 is 11.1. The van der Waals surface area contributed by atoms with E-state index in [1.807, 2.05) is 24.3 Å². The Labute approximate surface area is 198 Å². The van der Waals surface area contributed by atoms with Gasteiger partial charge in [-0.3, -0.25) is 4.79 Å². The molecule has 1 saturated heterocycles. The summed E-state index contributed by atoms with van der Waals surface area (Å²) in [5.74, 6) is -1.96. The SMILES string of the molecule is C=CCC(NC(=O)[C@H]1OCC[C@H]1CNC(=O)OCC1c2ccccc2-c2ccccc21)C(=O)O. The first-order valence-electron chi connectivity index (χ1n) is 11.3. The molecule has 0 saturated carbocycles. The second-order valence-electron chi connectivity index (χ2n) is 8.47. The number of aliphatic carboxylic acids is 1. The quantitative estimate of drug-likeness (QED) is 0.492. The highest BCUT2D eigenvalue weighted by atomic mass is 16.5. The van der Waals surface area contributed by atoms with Gasteiger partial charge in [0.15, 0.2) is 0 Å². The first-order valence-corrected chi connectivity index (χ1v) is 11.3. The average Bonchev–Trinajstić information content (AvgIpc) is 3.44. The number of hydrogen-bond donors (Lipinski definition) is 3. The van der Waals surface area contributed by atoms with Crippen LogP contribution in [0.5, 0.6) is 0 Å². The molecule has 3 N–H and O–H groups in total. The van der Waals surface area contributed by atoms with Gasteiger partial charge in [0.1, 0.15) is 18.8 Å².